The second kappa shape index (κ2) is 6.07. The molecule has 22 heavy (non-hydrogen) atoms. The fraction of sp³-hybridized carbons (Fsp3) is 0.235. The number of nitrogens with zero attached hydrogens (tertiary/aromatic N) is 1. The molecule has 0 aliphatic carbocycles. The van der Waals surface area contributed by atoms with Crippen molar-refractivity contribution in [2.24, 2.45) is 0 Å². The van der Waals surface area contributed by atoms with Crippen LogP contribution in [0.15, 0.2) is 47.1 Å². The van der Waals surface area contributed by atoms with Gasteiger partial charge in [0.05, 0.1) is 18.4 Å². The van der Waals surface area contributed by atoms with Gasteiger partial charge in [0.15, 0.2) is 5.58 Å². The summed E-state index contributed by atoms with van der Waals surface area (Å²) in [7, 11) is 0. The minimum atomic E-state index is -0.214. The third-order valence-electron chi connectivity index (χ3n) is 3.74. The lowest BCUT2D eigenvalue weighted by Gasteiger charge is -2.12. The lowest BCUT2D eigenvalue weighted by molar-refractivity contribution is 0.0936. The van der Waals surface area contributed by atoms with Crippen LogP contribution in [0.5, 0.6) is 0 Å². The molecule has 5 heteroatoms. The van der Waals surface area contributed by atoms with Gasteiger partial charge in [-0.05, 0) is 18.1 Å². The lowest BCUT2D eigenvalue weighted by atomic mass is 10.1. The molecule has 0 saturated heterocycles. The summed E-state index contributed by atoms with van der Waals surface area (Å²) in [5.74, 6) is -0.214. The number of aromatic nitrogens is 1. The average molecular weight is 298 g/mol. The summed E-state index contributed by atoms with van der Waals surface area (Å²) in [6.07, 6.45) is 1.62. The number of hydrogen-bond acceptors (Lipinski definition) is 3. The Balaban J connectivity index is 2.01. The third kappa shape index (κ3) is 2.63. The molecule has 2 N–H and O–H groups in total. The van der Waals surface area contributed by atoms with E-state index in [1.54, 1.807) is 12.3 Å². The Hall–Kier alpha value is -2.53. The standard InChI is InChI=1S/C17H18N2O3/c1-12-4-2-3-5-13(12)11-19-14-6-9-22-16(14)10-15(19)17(21)18-7-8-20/h2-6,9-10,20H,7-8,11H2,1H3,(H,18,21). The average Bonchev–Trinajstić information content (AvgIpc) is 3.09. The zero-order chi connectivity index (χ0) is 15.5. The van der Waals surface area contributed by atoms with E-state index in [1.165, 1.54) is 5.56 Å². The molecule has 0 fully saturated rings. The number of rotatable bonds is 5. The van der Waals surface area contributed by atoms with Gasteiger partial charge in [-0.1, -0.05) is 24.3 Å². The van der Waals surface area contributed by atoms with E-state index in [4.69, 9.17) is 9.52 Å². The van der Waals surface area contributed by atoms with Crippen molar-refractivity contribution >= 4 is 17.0 Å². The van der Waals surface area contributed by atoms with Crippen LogP contribution in [0.3, 0.4) is 0 Å². The summed E-state index contributed by atoms with van der Waals surface area (Å²) in [4.78, 5) is 12.3. The molecule has 0 unspecified atom stereocenters. The number of aryl methyl sites for hydroxylation is 1. The number of fused-ring (bicyclic) bond motifs is 1. The Labute approximate surface area is 128 Å². The zero-order valence-electron chi connectivity index (χ0n) is 12.4. The van der Waals surface area contributed by atoms with E-state index >= 15 is 0 Å². The molecule has 2 heterocycles. The summed E-state index contributed by atoms with van der Waals surface area (Å²) in [5, 5.41) is 11.6. The van der Waals surface area contributed by atoms with Gasteiger partial charge in [-0.15, -0.1) is 0 Å². The number of hydrogen-bond donors (Lipinski definition) is 2. The van der Waals surface area contributed by atoms with E-state index < -0.39 is 0 Å². The molecule has 1 amide bonds. The number of benzene rings is 1. The Morgan fingerprint density at radius 2 is 2.14 bits per heavy atom. The van der Waals surface area contributed by atoms with Crippen molar-refractivity contribution in [3.05, 3.63) is 59.5 Å². The Kier molecular flexibility index (Phi) is 3.98. The molecule has 0 aliphatic rings. The first kappa shape index (κ1) is 14.4. The van der Waals surface area contributed by atoms with Gasteiger partial charge in [0.25, 0.3) is 5.91 Å². The highest BCUT2D eigenvalue weighted by Gasteiger charge is 2.17. The van der Waals surface area contributed by atoms with Gasteiger partial charge in [0.1, 0.15) is 5.69 Å². The van der Waals surface area contributed by atoms with Crippen LogP contribution in [0.25, 0.3) is 11.1 Å². The van der Waals surface area contributed by atoms with Crippen molar-refractivity contribution in [3.63, 3.8) is 0 Å². The van der Waals surface area contributed by atoms with Crippen molar-refractivity contribution < 1.29 is 14.3 Å². The van der Waals surface area contributed by atoms with E-state index in [0.29, 0.717) is 17.8 Å². The fourth-order valence-electron chi connectivity index (χ4n) is 2.55. The monoisotopic (exact) mass is 298 g/mol. The Morgan fingerprint density at radius 1 is 1.32 bits per heavy atom. The maximum Gasteiger partial charge on any atom is 0.268 e. The van der Waals surface area contributed by atoms with Crippen LogP contribution in [-0.2, 0) is 6.54 Å². The van der Waals surface area contributed by atoms with Gasteiger partial charge in [0.2, 0.25) is 0 Å². The summed E-state index contributed by atoms with van der Waals surface area (Å²) in [6.45, 7) is 2.80. The Bertz CT molecular complexity index is 801. The highest BCUT2D eigenvalue weighted by molar-refractivity contribution is 5.97. The molecular formula is C17H18N2O3. The normalized spacial score (nSPS) is 11.0. The number of carbonyl (C=O) groups is 1. The summed E-state index contributed by atoms with van der Waals surface area (Å²) < 4.78 is 7.35. The van der Waals surface area contributed by atoms with E-state index in [1.807, 2.05) is 22.8 Å². The first-order valence-electron chi connectivity index (χ1n) is 7.21. The van der Waals surface area contributed by atoms with Crippen molar-refractivity contribution in [2.45, 2.75) is 13.5 Å². The number of amides is 1. The number of carbonyl (C=O) groups excluding carboxylic acids is 1. The van der Waals surface area contributed by atoms with Crippen LogP contribution in [-0.4, -0.2) is 28.7 Å². The molecular weight excluding hydrogens is 280 g/mol. The third-order valence-corrected chi connectivity index (χ3v) is 3.74. The maximum atomic E-state index is 12.3. The molecule has 0 aliphatic heterocycles. The van der Waals surface area contributed by atoms with Gasteiger partial charge in [0, 0.05) is 25.2 Å². The number of aliphatic hydroxyl groups excluding tert-OH is 1. The quantitative estimate of drug-likeness (QED) is 0.759. The van der Waals surface area contributed by atoms with Crippen LogP contribution in [0, 0.1) is 6.92 Å². The van der Waals surface area contributed by atoms with Gasteiger partial charge in [-0.3, -0.25) is 4.79 Å². The summed E-state index contributed by atoms with van der Waals surface area (Å²) in [5.41, 5.74) is 4.43. The first-order valence-corrected chi connectivity index (χ1v) is 7.21. The lowest BCUT2D eigenvalue weighted by Crippen LogP contribution is -2.28. The Morgan fingerprint density at radius 3 is 2.91 bits per heavy atom. The van der Waals surface area contributed by atoms with Gasteiger partial charge < -0.3 is 19.4 Å². The molecule has 3 rings (SSSR count). The minimum absolute atomic E-state index is 0.0830. The van der Waals surface area contributed by atoms with Gasteiger partial charge >= 0.3 is 0 Å². The second-order valence-electron chi connectivity index (χ2n) is 5.19. The van der Waals surface area contributed by atoms with E-state index in [-0.39, 0.29) is 19.1 Å². The minimum Gasteiger partial charge on any atom is -0.463 e. The predicted molar refractivity (Wildman–Crippen MR) is 83.9 cm³/mol. The highest BCUT2D eigenvalue weighted by atomic mass is 16.3. The van der Waals surface area contributed by atoms with Crippen LogP contribution in [0.4, 0.5) is 0 Å². The fourth-order valence-corrected chi connectivity index (χ4v) is 2.55. The van der Waals surface area contributed by atoms with Crippen LogP contribution >= 0.6 is 0 Å². The molecule has 114 valence electrons. The molecule has 3 aromatic rings. The van der Waals surface area contributed by atoms with E-state index in [0.717, 1.165) is 11.1 Å². The zero-order valence-corrected chi connectivity index (χ0v) is 12.4. The molecule has 0 bridgehead atoms. The van der Waals surface area contributed by atoms with Crippen LogP contribution in [0.2, 0.25) is 0 Å². The SMILES string of the molecule is Cc1ccccc1Cn1c(C(=O)NCCO)cc2occc21. The van der Waals surface area contributed by atoms with Crippen molar-refractivity contribution in [2.75, 3.05) is 13.2 Å². The molecule has 0 saturated carbocycles. The van der Waals surface area contributed by atoms with E-state index in [9.17, 15) is 4.79 Å². The summed E-state index contributed by atoms with van der Waals surface area (Å²) in [6, 6.07) is 11.7. The van der Waals surface area contributed by atoms with Gasteiger partial charge in [-0.25, -0.2) is 0 Å². The number of furan rings is 1. The molecule has 0 atom stereocenters. The predicted octanol–water partition coefficient (Wildman–Crippen LogP) is 2.31. The molecule has 5 nitrogen and oxygen atoms in total. The maximum absolute atomic E-state index is 12.3. The number of nitrogens with one attached hydrogen (secondary N) is 1. The second-order valence-corrected chi connectivity index (χ2v) is 5.19. The molecule has 2 aromatic heterocycles. The molecule has 1 aromatic carbocycles. The van der Waals surface area contributed by atoms with Crippen molar-refractivity contribution in [1.29, 1.82) is 0 Å². The molecule has 0 radical (unpaired) electrons. The van der Waals surface area contributed by atoms with Crippen LogP contribution < -0.4 is 5.32 Å². The summed E-state index contributed by atoms with van der Waals surface area (Å²) >= 11 is 0. The number of aliphatic hydroxyl groups is 1. The van der Waals surface area contributed by atoms with E-state index in [2.05, 4.69) is 24.4 Å². The smallest absolute Gasteiger partial charge is 0.268 e. The van der Waals surface area contributed by atoms with Crippen LogP contribution in [0.1, 0.15) is 21.6 Å². The highest BCUT2D eigenvalue weighted by Crippen LogP contribution is 2.23. The largest absolute Gasteiger partial charge is 0.463 e. The van der Waals surface area contributed by atoms with Crippen molar-refractivity contribution in [1.82, 2.24) is 9.88 Å². The first-order chi connectivity index (χ1) is 10.7. The van der Waals surface area contributed by atoms with Crippen molar-refractivity contribution in [3.8, 4) is 0 Å². The topological polar surface area (TPSA) is 67.4 Å². The van der Waals surface area contributed by atoms with Gasteiger partial charge in [-0.2, -0.15) is 0 Å². The molecule has 0 spiro atoms.